The maximum absolute atomic E-state index is 13.2. The average molecular weight is 484 g/mol. The van der Waals surface area contributed by atoms with Crippen LogP contribution in [-0.2, 0) is 14.8 Å². The largest absolute Gasteiger partial charge is 0.368 e. The highest BCUT2D eigenvalue weighted by molar-refractivity contribution is 7.89. The number of hydrogen-bond acceptors (Lipinski definition) is 7. The van der Waals surface area contributed by atoms with Gasteiger partial charge in [0.1, 0.15) is 10.4 Å². The van der Waals surface area contributed by atoms with E-state index in [0.29, 0.717) is 44.5 Å². The molecular formula is C24H29N5O4S. The number of aryl methyl sites for hydroxylation is 1. The van der Waals surface area contributed by atoms with Crippen molar-refractivity contribution in [3.05, 3.63) is 47.5 Å². The van der Waals surface area contributed by atoms with Gasteiger partial charge in [-0.25, -0.2) is 13.0 Å². The first-order valence-corrected chi connectivity index (χ1v) is 13.1. The van der Waals surface area contributed by atoms with E-state index >= 15 is 0 Å². The lowest BCUT2D eigenvalue weighted by molar-refractivity contribution is -0.137. The number of carbonyl (C=O) groups is 1. The van der Waals surface area contributed by atoms with Gasteiger partial charge in [-0.3, -0.25) is 4.79 Å². The molecule has 180 valence electrons. The Hall–Kier alpha value is -2.98. The molecule has 0 radical (unpaired) electrons. The van der Waals surface area contributed by atoms with E-state index in [1.54, 1.807) is 12.1 Å². The molecular weight excluding hydrogens is 454 g/mol. The summed E-state index contributed by atoms with van der Waals surface area (Å²) in [5.74, 6) is -0.0105. The van der Waals surface area contributed by atoms with E-state index in [-0.39, 0.29) is 22.2 Å². The maximum Gasteiger partial charge on any atom is 0.245 e. The van der Waals surface area contributed by atoms with Crippen LogP contribution in [0.25, 0.3) is 11.0 Å². The number of fused-ring (bicyclic) bond motifs is 1. The van der Waals surface area contributed by atoms with Gasteiger partial charge in [-0.2, -0.15) is 4.31 Å². The number of sulfonamides is 1. The Morgan fingerprint density at radius 2 is 1.65 bits per heavy atom. The first-order chi connectivity index (χ1) is 16.4. The zero-order valence-corrected chi connectivity index (χ0v) is 20.3. The van der Waals surface area contributed by atoms with Crippen LogP contribution in [0.3, 0.4) is 0 Å². The Labute approximate surface area is 199 Å². The quantitative estimate of drug-likeness (QED) is 0.562. The molecule has 2 fully saturated rings. The van der Waals surface area contributed by atoms with Gasteiger partial charge in [0.15, 0.2) is 5.52 Å². The second-order valence-electron chi connectivity index (χ2n) is 9.10. The molecule has 3 heterocycles. The van der Waals surface area contributed by atoms with Crippen molar-refractivity contribution in [2.24, 2.45) is 5.92 Å². The van der Waals surface area contributed by atoms with Crippen molar-refractivity contribution in [2.45, 2.75) is 31.6 Å². The van der Waals surface area contributed by atoms with Crippen molar-refractivity contribution in [3.63, 3.8) is 0 Å². The van der Waals surface area contributed by atoms with Gasteiger partial charge < -0.3 is 9.80 Å². The highest BCUT2D eigenvalue weighted by Gasteiger charge is 2.36. The fourth-order valence-corrected chi connectivity index (χ4v) is 6.58. The molecule has 2 saturated heterocycles. The lowest BCUT2D eigenvalue weighted by atomic mass is 9.96. The zero-order chi connectivity index (χ0) is 23.9. The standard InChI is InChI=1S/C24H29N5O4S/c1-17-5-3-7-21(18(17)2)27-13-15-28(16-14-27)24(30)19-9-11-29(12-10-19)34(31,32)22-8-4-6-20-23(22)26-33-25-20/h3-8,19H,9-16H2,1-2H3. The number of nitrogens with zero attached hydrogens (tertiary/aromatic N) is 5. The lowest BCUT2D eigenvalue weighted by Crippen LogP contribution is -2.52. The van der Waals surface area contributed by atoms with Gasteiger partial charge in [0.25, 0.3) is 0 Å². The summed E-state index contributed by atoms with van der Waals surface area (Å²) in [6.07, 6.45) is 1.03. The number of anilines is 1. The van der Waals surface area contributed by atoms with Gasteiger partial charge in [0.2, 0.25) is 15.9 Å². The van der Waals surface area contributed by atoms with Gasteiger partial charge in [0, 0.05) is 50.9 Å². The fourth-order valence-electron chi connectivity index (χ4n) is 4.98. The summed E-state index contributed by atoms with van der Waals surface area (Å²) in [5, 5.41) is 7.50. The van der Waals surface area contributed by atoms with Crippen molar-refractivity contribution >= 4 is 32.7 Å². The van der Waals surface area contributed by atoms with Crippen LogP contribution in [0.2, 0.25) is 0 Å². The van der Waals surface area contributed by atoms with Crippen LogP contribution in [0.1, 0.15) is 24.0 Å². The van der Waals surface area contributed by atoms with E-state index in [2.05, 4.69) is 47.3 Å². The van der Waals surface area contributed by atoms with E-state index in [4.69, 9.17) is 4.63 Å². The number of amides is 1. The van der Waals surface area contributed by atoms with E-state index in [0.717, 1.165) is 13.1 Å². The second-order valence-corrected chi connectivity index (χ2v) is 11.0. The van der Waals surface area contributed by atoms with E-state index in [9.17, 15) is 13.2 Å². The molecule has 0 saturated carbocycles. The predicted molar refractivity (Wildman–Crippen MR) is 128 cm³/mol. The summed E-state index contributed by atoms with van der Waals surface area (Å²) < 4.78 is 32.6. The molecule has 9 nitrogen and oxygen atoms in total. The normalized spacial score (nSPS) is 18.5. The minimum absolute atomic E-state index is 0.0959. The van der Waals surface area contributed by atoms with Crippen LogP contribution in [-0.4, -0.2) is 73.1 Å². The minimum Gasteiger partial charge on any atom is -0.368 e. The molecule has 5 rings (SSSR count). The maximum atomic E-state index is 13.2. The van der Waals surface area contributed by atoms with Crippen LogP contribution in [0.15, 0.2) is 45.9 Å². The summed E-state index contributed by atoms with van der Waals surface area (Å²) in [6.45, 7) is 7.86. The van der Waals surface area contributed by atoms with Gasteiger partial charge in [-0.05, 0) is 66.3 Å². The molecule has 10 heteroatoms. The Kier molecular flexibility index (Phi) is 6.03. The Bertz CT molecular complexity index is 1310. The summed E-state index contributed by atoms with van der Waals surface area (Å²) in [7, 11) is -3.74. The topological polar surface area (TPSA) is 99.8 Å². The minimum atomic E-state index is -3.74. The lowest BCUT2D eigenvalue weighted by Gasteiger charge is -2.39. The molecule has 0 aliphatic carbocycles. The van der Waals surface area contributed by atoms with Gasteiger partial charge in [0.05, 0.1) is 0 Å². The summed E-state index contributed by atoms with van der Waals surface area (Å²) in [5.41, 5.74) is 4.44. The van der Waals surface area contributed by atoms with Crippen molar-refractivity contribution in [3.8, 4) is 0 Å². The Balaban J connectivity index is 1.20. The number of piperidine rings is 1. The third-order valence-electron chi connectivity index (χ3n) is 7.18. The monoisotopic (exact) mass is 483 g/mol. The fraction of sp³-hybridized carbons (Fsp3) is 0.458. The zero-order valence-electron chi connectivity index (χ0n) is 19.5. The molecule has 3 aromatic rings. The molecule has 0 atom stereocenters. The van der Waals surface area contributed by atoms with Crippen LogP contribution in [0.4, 0.5) is 5.69 Å². The van der Waals surface area contributed by atoms with Gasteiger partial charge in [-0.15, -0.1) is 0 Å². The van der Waals surface area contributed by atoms with Gasteiger partial charge >= 0.3 is 0 Å². The molecule has 2 aliphatic rings. The molecule has 2 aromatic carbocycles. The average Bonchev–Trinajstić information content (AvgIpc) is 3.34. The molecule has 1 aromatic heterocycles. The first kappa shape index (κ1) is 22.8. The number of hydrogen-bond donors (Lipinski definition) is 0. The van der Waals surface area contributed by atoms with E-state index < -0.39 is 10.0 Å². The molecule has 2 aliphatic heterocycles. The van der Waals surface area contributed by atoms with Gasteiger partial charge in [-0.1, -0.05) is 18.2 Å². The number of benzene rings is 2. The number of rotatable bonds is 4. The molecule has 0 bridgehead atoms. The van der Waals surface area contributed by atoms with Crippen LogP contribution in [0, 0.1) is 19.8 Å². The number of carbonyl (C=O) groups excluding carboxylic acids is 1. The van der Waals surface area contributed by atoms with Crippen molar-refractivity contribution in [2.75, 3.05) is 44.2 Å². The molecule has 0 N–H and O–H groups in total. The van der Waals surface area contributed by atoms with E-state index in [1.807, 2.05) is 4.90 Å². The summed E-state index contributed by atoms with van der Waals surface area (Å²) in [6, 6.07) is 11.2. The van der Waals surface area contributed by atoms with Crippen LogP contribution >= 0.6 is 0 Å². The third-order valence-corrected chi connectivity index (χ3v) is 9.11. The highest BCUT2D eigenvalue weighted by atomic mass is 32.2. The molecule has 1 amide bonds. The molecule has 34 heavy (non-hydrogen) atoms. The summed E-state index contributed by atoms with van der Waals surface area (Å²) in [4.78, 5) is 17.6. The summed E-state index contributed by atoms with van der Waals surface area (Å²) >= 11 is 0. The van der Waals surface area contributed by atoms with Crippen molar-refractivity contribution < 1.29 is 17.8 Å². The van der Waals surface area contributed by atoms with E-state index in [1.165, 1.54) is 27.2 Å². The third kappa shape index (κ3) is 4.05. The van der Waals surface area contributed by atoms with Crippen molar-refractivity contribution in [1.82, 2.24) is 19.5 Å². The number of piperazine rings is 1. The smallest absolute Gasteiger partial charge is 0.245 e. The first-order valence-electron chi connectivity index (χ1n) is 11.7. The van der Waals surface area contributed by atoms with Crippen LogP contribution < -0.4 is 4.90 Å². The predicted octanol–water partition coefficient (Wildman–Crippen LogP) is 2.59. The second kappa shape index (κ2) is 8.99. The van der Waals surface area contributed by atoms with Crippen LogP contribution in [0.5, 0.6) is 0 Å². The molecule has 0 unspecified atom stereocenters. The Morgan fingerprint density at radius 3 is 2.38 bits per heavy atom. The van der Waals surface area contributed by atoms with Crippen molar-refractivity contribution in [1.29, 1.82) is 0 Å². The SMILES string of the molecule is Cc1cccc(N2CCN(C(=O)C3CCN(S(=O)(=O)c4cccc5nonc45)CC3)CC2)c1C. The number of aromatic nitrogens is 2. The Morgan fingerprint density at radius 1 is 0.941 bits per heavy atom. The highest BCUT2D eigenvalue weighted by Crippen LogP contribution is 2.29. The molecule has 0 spiro atoms.